The fraction of sp³-hybridized carbons (Fsp3) is 0.273. The molecule has 2 aromatic rings. The molecular weight excluding hydrogens is 209 g/mol. The lowest BCUT2D eigenvalue weighted by molar-refractivity contribution is 0.380. The maximum atomic E-state index is 13.2. The highest BCUT2D eigenvalue weighted by molar-refractivity contribution is 5.55. The Balaban J connectivity index is 2.34. The predicted octanol–water partition coefficient (Wildman–Crippen LogP) is 1.69. The molecule has 0 radical (unpaired) electrons. The Labute approximate surface area is 92.3 Å². The number of benzene rings is 1. The molecule has 0 amide bonds. The summed E-state index contributed by atoms with van der Waals surface area (Å²) < 4.78 is 18.1. The average molecular weight is 221 g/mol. The first-order valence-corrected chi connectivity index (χ1v) is 4.99. The molecule has 5 heteroatoms. The molecule has 0 fully saturated rings. The minimum absolute atomic E-state index is 0.305. The van der Waals surface area contributed by atoms with Crippen LogP contribution in [0.25, 0.3) is 11.4 Å². The Bertz CT molecular complexity index is 475. The van der Waals surface area contributed by atoms with E-state index in [4.69, 9.17) is 10.3 Å². The van der Waals surface area contributed by atoms with Gasteiger partial charge in [0.05, 0.1) is 0 Å². The quantitative estimate of drug-likeness (QED) is 0.856. The molecule has 2 N–H and O–H groups in total. The van der Waals surface area contributed by atoms with Crippen LogP contribution >= 0.6 is 0 Å². The predicted molar refractivity (Wildman–Crippen MR) is 57.2 cm³/mol. The van der Waals surface area contributed by atoms with Crippen LogP contribution in [-0.2, 0) is 6.42 Å². The van der Waals surface area contributed by atoms with Crippen molar-refractivity contribution in [1.29, 1.82) is 0 Å². The van der Waals surface area contributed by atoms with Crippen LogP contribution in [0.4, 0.5) is 4.39 Å². The standard InChI is InChI=1S/C11H12FN3O/c1-7-4-8(6-9(12)5-7)11-14-10(2-3-13)16-15-11/h4-6H,2-3,13H2,1H3. The summed E-state index contributed by atoms with van der Waals surface area (Å²) in [6, 6.07) is 4.63. The third kappa shape index (κ3) is 2.25. The van der Waals surface area contributed by atoms with Gasteiger partial charge in [0, 0.05) is 18.5 Å². The van der Waals surface area contributed by atoms with Gasteiger partial charge in [-0.2, -0.15) is 4.98 Å². The molecule has 1 aromatic heterocycles. The number of halogens is 1. The second-order valence-corrected chi connectivity index (χ2v) is 3.57. The first-order chi connectivity index (χ1) is 7.69. The van der Waals surface area contributed by atoms with E-state index in [2.05, 4.69) is 10.1 Å². The second-order valence-electron chi connectivity index (χ2n) is 3.57. The topological polar surface area (TPSA) is 64.9 Å². The zero-order valence-corrected chi connectivity index (χ0v) is 8.90. The third-order valence-electron chi connectivity index (χ3n) is 2.13. The van der Waals surface area contributed by atoms with E-state index in [0.717, 1.165) is 5.56 Å². The van der Waals surface area contributed by atoms with Crippen molar-refractivity contribution in [3.05, 3.63) is 35.5 Å². The van der Waals surface area contributed by atoms with Crippen LogP contribution in [0.15, 0.2) is 22.7 Å². The largest absolute Gasteiger partial charge is 0.339 e. The Morgan fingerprint density at radius 3 is 2.88 bits per heavy atom. The summed E-state index contributed by atoms with van der Waals surface area (Å²) in [7, 11) is 0. The van der Waals surface area contributed by atoms with Crippen LogP contribution in [0.5, 0.6) is 0 Å². The van der Waals surface area contributed by atoms with E-state index in [1.54, 1.807) is 6.07 Å². The van der Waals surface area contributed by atoms with Gasteiger partial charge in [0.15, 0.2) is 0 Å². The fourth-order valence-corrected chi connectivity index (χ4v) is 1.46. The Hall–Kier alpha value is -1.75. The molecule has 1 aromatic carbocycles. The molecule has 16 heavy (non-hydrogen) atoms. The van der Waals surface area contributed by atoms with Crippen LogP contribution in [0, 0.1) is 12.7 Å². The van der Waals surface area contributed by atoms with Gasteiger partial charge < -0.3 is 10.3 Å². The summed E-state index contributed by atoms with van der Waals surface area (Å²) in [5, 5.41) is 3.78. The van der Waals surface area contributed by atoms with Crippen molar-refractivity contribution in [1.82, 2.24) is 10.1 Å². The van der Waals surface area contributed by atoms with Gasteiger partial charge in [-0.3, -0.25) is 0 Å². The summed E-state index contributed by atoms with van der Waals surface area (Å²) in [4.78, 5) is 4.13. The summed E-state index contributed by atoms with van der Waals surface area (Å²) in [5.74, 6) is 0.561. The van der Waals surface area contributed by atoms with Gasteiger partial charge in [-0.1, -0.05) is 5.16 Å². The van der Waals surface area contributed by atoms with Gasteiger partial charge in [0.25, 0.3) is 0 Å². The molecule has 4 nitrogen and oxygen atoms in total. The van der Waals surface area contributed by atoms with Crippen LogP contribution < -0.4 is 5.73 Å². The monoisotopic (exact) mass is 221 g/mol. The van der Waals surface area contributed by atoms with E-state index >= 15 is 0 Å². The highest BCUT2D eigenvalue weighted by atomic mass is 19.1. The average Bonchev–Trinajstić information content (AvgIpc) is 2.65. The number of nitrogens with two attached hydrogens (primary N) is 1. The lowest BCUT2D eigenvalue weighted by Crippen LogP contribution is -2.02. The SMILES string of the molecule is Cc1cc(F)cc(-c2noc(CCN)n2)c1. The fourth-order valence-electron chi connectivity index (χ4n) is 1.46. The summed E-state index contributed by atoms with van der Waals surface area (Å²) >= 11 is 0. The van der Waals surface area contributed by atoms with E-state index in [0.29, 0.717) is 30.2 Å². The molecule has 0 atom stereocenters. The lowest BCUT2D eigenvalue weighted by Gasteiger charge is -1.97. The third-order valence-corrected chi connectivity index (χ3v) is 2.13. The molecular formula is C11H12FN3O. The zero-order chi connectivity index (χ0) is 11.5. The van der Waals surface area contributed by atoms with Crippen molar-refractivity contribution in [2.75, 3.05) is 6.54 Å². The molecule has 0 saturated carbocycles. The van der Waals surface area contributed by atoms with Crippen molar-refractivity contribution in [2.24, 2.45) is 5.73 Å². The molecule has 0 bridgehead atoms. The molecule has 84 valence electrons. The second kappa shape index (κ2) is 4.40. The van der Waals surface area contributed by atoms with E-state index in [9.17, 15) is 4.39 Å². The number of hydrogen-bond acceptors (Lipinski definition) is 4. The molecule has 0 aliphatic heterocycles. The van der Waals surface area contributed by atoms with Crippen molar-refractivity contribution in [3.63, 3.8) is 0 Å². The highest BCUT2D eigenvalue weighted by Crippen LogP contribution is 2.18. The molecule has 0 aliphatic carbocycles. The minimum Gasteiger partial charge on any atom is -0.339 e. The van der Waals surface area contributed by atoms with Gasteiger partial charge in [-0.05, 0) is 30.7 Å². The molecule has 0 spiro atoms. The minimum atomic E-state index is -0.305. The van der Waals surface area contributed by atoms with Gasteiger partial charge in [0.1, 0.15) is 5.82 Å². The number of aromatic nitrogens is 2. The summed E-state index contributed by atoms with van der Waals surface area (Å²) in [5.41, 5.74) is 6.80. The maximum absolute atomic E-state index is 13.2. The normalized spacial score (nSPS) is 10.7. The van der Waals surface area contributed by atoms with Crippen LogP contribution in [-0.4, -0.2) is 16.7 Å². The first kappa shape index (κ1) is 10.8. The van der Waals surface area contributed by atoms with Crippen molar-refractivity contribution in [2.45, 2.75) is 13.3 Å². The van der Waals surface area contributed by atoms with Crippen LogP contribution in [0.3, 0.4) is 0 Å². The summed E-state index contributed by atoms with van der Waals surface area (Å²) in [6.45, 7) is 2.26. The van der Waals surface area contributed by atoms with Gasteiger partial charge in [-0.15, -0.1) is 0 Å². The Kier molecular flexibility index (Phi) is 2.96. The number of rotatable bonds is 3. The van der Waals surface area contributed by atoms with E-state index in [-0.39, 0.29) is 5.82 Å². The number of nitrogens with zero attached hydrogens (tertiary/aromatic N) is 2. The van der Waals surface area contributed by atoms with Crippen LogP contribution in [0.2, 0.25) is 0 Å². The zero-order valence-electron chi connectivity index (χ0n) is 8.90. The molecule has 0 saturated heterocycles. The number of hydrogen-bond donors (Lipinski definition) is 1. The van der Waals surface area contributed by atoms with Gasteiger partial charge in [0.2, 0.25) is 11.7 Å². The van der Waals surface area contributed by atoms with Crippen molar-refractivity contribution < 1.29 is 8.91 Å². The maximum Gasteiger partial charge on any atom is 0.228 e. The molecule has 1 heterocycles. The van der Waals surface area contributed by atoms with E-state index in [1.807, 2.05) is 6.92 Å². The Morgan fingerprint density at radius 1 is 1.38 bits per heavy atom. The smallest absolute Gasteiger partial charge is 0.228 e. The first-order valence-electron chi connectivity index (χ1n) is 4.99. The summed E-state index contributed by atoms with van der Waals surface area (Å²) in [6.07, 6.45) is 0.529. The van der Waals surface area contributed by atoms with E-state index < -0.39 is 0 Å². The van der Waals surface area contributed by atoms with Gasteiger partial charge in [-0.25, -0.2) is 4.39 Å². The Morgan fingerprint density at radius 2 is 2.19 bits per heavy atom. The lowest BCUT2D eigenvalue weighted by atomic mass is 10.1. The van der Waals surface area contributed by atoms with Crippen molar-refractivity contribution >= 4 is 0 Å². The molecule has 2 rings (SSSR count). The number of aryl methyl sites for hydroxylation is 1. The highest BCUT2D eigenvalue weighted by Gasteiger charge is 2.09. The molecule has 0 unspecified atom stereocenters. The van der Waals surface area contributed by atoms with Crippen molar-refractivity contribution in [3.8, 4) is 11.4 Å². The van der Waals surface area contributed by atoms with Crippen LogP contribution in [0.1, 0.15) is 11.5 Å². The van der Waals surface area contributed by atoms with Gasteiger partial charge >= 0.3 is 0 Å². The molecule has 0 aliphatic rings. The van der Waals surface area contributed by atoms with E-state index in [1.165, 1.54) is 12.1 Å².